The molecule has 2 heterocycles. The first kappa shape index (κ1) is 18.1. The van der Waals surface area contributed by atoms with E-state index in [1.54, 1.807) is 6.20 Å². The number of aromatic nitrogens is 1. The molecule has 1 N–H and O–H groups in total. The summed E-state index contributed by atoms with van der Waals surface area (Å²) in [6.07, 6.45) is 1.63. The van der Waals surface area contributed by atoms with Crippen LogP contribution < -0.4 is 5.32 Å². The van der Waals surface area contributed by atoms with Crippen molar-refractivity contribution in [3.8, 4) is 0 Å². The minimum Gasteiger partial charge on any atom is -0.351 e. The summed E-state index contributed by atoms with van der Waals surface area (Å²) in [6.45, 7) is 5.44. The Morgan fingerprint density at radius 1 is 1.04 bits per heavy atom. The first-order valence-electron chi connectivity index (χ1n) is 8.87. The second-order valence-corrected chi connectivity index (χ2v) is 6.52. The third kappa shape index (κ3) is 4.89. The van der Waals surface area contributed by atoms with E-state index in [0.717, 1.165) is 11.3 Å². The summed E-state index contributed by atoms with van der Waals surface area (Å²) < 4.78 is 0. The van der Waals surface area contributed by atoms with Crippen LogP contribution in [0.25, 0.3) is 0 Å². The molecule has 0 bridgehead atoms. The van der Waals surface area contributed by atoms with E-state index < -0.39 is 0 Å². The van der Waals surface area contributed by atoms with Crippen LogP contribution in [0.5, 0.6) is 0 Å². The molecule has 136 valence electrons. The van der Waals surface area contributed by atoms with Crippen LogP contribution in [0.4, 0.5) is 0 Å². The Labute approximate surface area is 153 Å². The molecule has 0 saturated carbocycles. The van der Waals surface area contributed by atoms with Crippen LogP contribution in [-0.2, 0) is 11.3 Å². The molecule has 6 nitrogen and oxygen atoms in total. The summed E-state index contributed by atoms with van der Waals surface area (Å²) in [4.78, 5) is 32.7. The van der Waals surface area contributed by atoms with Gasteiger partial charge in [0, 0.05) is 44.6 Å². The first-order chi connectivity index (χ1) is 12.6. The topological polar surface area (TPSA) is 65.5 Å². The highest BCUT2D eigenvalue weighted by Crippen LogP contribution is 2.08. The maximum absolute atomic E-state index is 12.5. The molecule has 0 radical (unpaired) electrons. The third-order valence-electron chi connectivity index (χ3n) is 4.52. The van der Waals surface area contributed by atoms with Gasteiger partial charge in [0.2, 0.25) is 5.91 Å². The highest BCUT2D eigenvalue weighted by Gasteiger charge is 2.23. The number of hydrogen-bond donors (Lipinski definition) is 1. The molecule has 6 heteroatoms. The number of hydrogen-bond acceptors (Lipinski definition) is 4. The van der Waals surface area contributed by atoms with Gasteiger partial charge in [0.1, 0.15) is 0 Å². The smallest absolute Gasteiger partial charge is 0.255 e. The van der Waals surface area contributed by atoms with Gasteiger partial charge in [0.05, 0.1) is 12.1 Å². The van der Waals surface area contributed by atoms with E-state index in [4.69, 9.17) is 0 Å². The molecule has 2 aromatic rings. The van der Waals surface area contributed by atoms with Crippen molar-refractivity contribution in [3.05, 3.63) is 65.5 Å². The maximum Gasteiger partial charge on any atom is 0.255 e. The van der Waals surface area contributed by atoms with E-state index in [1.165, 1.54) is 0 Å². The molecule has 26 heavy (non-hydrogen) atoms. The summed E-state index contributed by atoms with van der Waals surface area (Å²) in [5.41, 5.74) is 2.60. The van der Waals surface area contributed by atoms with E-state index >= 15 is 0 Å². The molecule has 0 atom stereocenters. The van der Waals surface area contributed by atoms with Gasteiger partial charge in [-0.05, 0) is 24.6 Å². The minimum absolute atomic E-state index is 0.00526. The molecule has 1 aliphatic rings. The summed E-state index contributed by atoms with van der Waals surface area (Å²) in [6, 6.07) is 13.5. The zero-order valence-corrected chi connectivity index (χ0v) is 15.0. The molecular formula is C20H24N4O2. The zero-order valence-electron chi connectivity index (χ0n) is 15.0. The predicted octanol–water partition coefficient (Wildman–Crippen LogP) is 1.46. The van der Waals surface area contributed by atoms with E-state index in [1.807, 2.05) is 54.3 Å². The number of rotatable bonds is 5. The van der Waals surface area contributed by atoms with Gasteiger partial charge in [-0.1, -0.05) is 30.3 Å². The van der Waals surface area contributed by atoms with Crippen molar-refractivity contribution in [2.75, 3.05) is 32.7 Å². The summed E-state index contributed by atoms with van der Waals surface area (Å²) in [7, 11) is 0. The summed E-state index contributed by atoms with van der Waals surface area (Å²) in [5, 5.41) is 2.94. The number of amides is 2. The van der Waals surface area contributed by atoms with Crippen molar-refractivity contribution >= 4 is 11.8 Å². The Balaban J connectivity index is 1.42. The van der Waals surface area contributed by atoms with Gasteiger partial charge >= 0.3 is 0 Å². The number of nitrogens with one attached hydrogen (secondary N) is 1. The van der Waals surface area contributed by atoms with Crippen molar-refractivity contribution in [1.29, 1.82) is 0 Å². The van der Waals surface area contributed by atoms with Crippen molar-refractivity contribution in [2.24, 2.45) is 0 Å². The standard InChI is InChI=1S/C20H24N4O2/c1-16-7-8-18(14-21-16)20(26)24-11-9-23(10-12-24)15-19(25)22-13-17-5-3-2-4-6-17/h2-8,14H,9-13,15H2,1H3,(H,22,25). The second kappa shape index (κ2) is 8.58. The fourth-order valence-corrected chi connectivity index (χ4v) is 2.94. The molecule has 0 spiro atoms. The van der Waals surface area contributed by atoms with Crippen LogP contribution in [-0.4, -0.2) is 59.3 Å². The zero-order chi connectivity index (χ0) is 18.4. The van der Waals surface area contributed by atoms with E-state index in [9.17, 15) is 9.59 Å². The van der Waals surface area contributed by atoms with Gasteiger partial charge in [0.25, 0.3) is 5.91 Å². The average Bonchev–Trinajstić information content (AvgIpc) is 2.68. The predicted molar refractivity (Wildman–Crippen MR) is 99.6 cm³/mol. The van der Waals surface area contributed by atoms with Crippen molar-refractivity contribution < 1.29 is 9.59 Å². The van der Waals surface area contributed by atoms with Gasteiger partial charge in [-0.2, -0.15) is 0 Å². The lowest BCUT2D eigenvalue weighted by atomic mass is 10.2. The molecule has 3 rings (SSSR count). The number of carbonyl (C=O) groups is 2. The fraction of sp³-hybridized carbons (Fsp3) is 0.350. The quantitative estimate of drug-likeness (QED) is 0.885. The Kier molecular flexibility index (Phi) is 5.96. The van der Waals surface area contributed by atoms with Crippen LogP contribution in [0.3, 0.4) is 0 Å². The second-order valence-electron chi connectivity index (χ2n) is 6.52. The van der Waals surface area contributed by atoms with Gasteiger partial charge in [0.15, 0.2) is 0 Å². The molecule has 1 aliphatic heterocycles. The number of aryl methyl sites for hydroxylation is 1. The van der Waals surface area contributed by atoms with Crippen LogP contribution in [0.1, 0.15) is 21.6 Å². The Morgan fingerprint density at radius 3 is 2.42 bits per heavy atom. The average molecular weight is 352 g/mol. The largest absolute Gasteiger partial charge is 0.351 e. The van der Waals surface area contributed by atoms with Crippen molar-refractivity contribution in [2.45, 2.75) is 13.5 Å². The van der Waals surface area contributed by atoms with Crippen LogP contribution >= 0.6 is 0 Å². The van der Waals surface area contributed by atoms with Crippen LogP contribution in [0, 0.1) is 6.92 Å². The van der Waals surface area contributed by atoms with E-state index in [2.05, 4.69) is 15.2 Å². The normalized spacial score (nSPS) is 14.9. The molecular weight excluding hydrogens is 328 g/mol. The maximum atomic E-state index is 12.5. The minimum atomic E-state index is 0.00526. The van der Waals surface area contributed by atoms with Crippen LogP contribution in [0.2, 0.25) is 0 Å². The Morgan fingerprint density at radius 2 is 1.77 bits per heavy atom. The van der Waals surface area contributed by atoms with E-state index in [-0.39, 0.29) is 11.8 Å². The molecule has 0 unspecified atom stereocenters. The Hall–Kier alpha value is -2.73. The summed E-state index contributed by atoms with van der Waals surface area (Å²) in [5.74, 6) is 0.0158. The molecule has 1 saturated heterocycles. The Bertz CT molecular complexity index is 738. The number of piperazine rings is 1. The van der Waals surface area contributed by atoms with Gasteiger partial charge < -0.3 is 10.2 Å². The van der Waals surface area contributed by atoms with Gasteiger partial charge in [-0.25, -0.2) is 0 Å². The molecule has 1 fully saturated rings. The van der Waals surface area contributed by atoms with Crippen molar-refractivity contribution in [1.82, 2.24) is 20.1 Å². The number of nitrogens with zero attached hydrogens (tertiary/aromatic N) is 3. The van der Waals surface area contributed by atoms with E-state index in [0.29, 0.717) is 44.8 Å². The molecule has 1 aromatic carbocycles. The lowest BCUT2D eigenvalue weighted by Crippen LogP contribution is -2.51. The number of pyridine rings is 1. The van der Waals surface area contributed by atoms with Crippen molar-refractivity contribution in [3.63, 3.8) is 0 Å². The SMILES string of the molecule is Cc1ccc(C(=O)N2CCN(CC(=O)NCc3ccccc3)CC2)cn1. The molecule has 2 amide bonds. The van der Waals surface area contributed by atoms with Crippen LogP contribution in [0.15, 0.2) is 48.7 Å². The fourth-order valence-electron chi connectivity index (χ4n) is 2.94. The molecule has 0 aliphatic carbocycles. The lowest BCUT2D eigenvalue weighted by molar-refractivity contribution is -0.122. The van der Waals surface area contributed by atoms with Gasteiger partial charge in [-0.3, -0.25) is 19.5 Å². The lowest BCUT2D eigenvalue weighted by Gasteiger charge is -2.34. The van der Waals surface area contributed by atoms with Gasteiger partial charge in [-0.15, -0.1) is 0 Å². The summed E-state index contributed by atoms with van der Waals surface area (Å²) >= 11 is 0. The monoisotopic (exact) mass is 352 g/mol. The molecule has 1 aromatic heterocycles. The number of benzene rings is 1. The number of carbonyl (C=O) groups excluding carboxylic acids is 2. The third-order valence-corrected chi connectivity index (χ3v) is 4.52. The highest BCUT2D eigenvalue weighted by molar-refractivity contribution is 5.94. The first-order valence-corrected chi connectivity index (χ1v) is 8.87. The highest BCUT2D eigenvalue weighted by atomic mass is 16.2.